The van der Waals surface area contributed by atoms with Gasteiger partial charge in [0, 0.05) is 31.7 Å². The van der Waals surface area contributed by atoms with Crippen LogP contribution in [-0.4, -0.2) is 56.6 Å². The summed E-state index contributed by atoms with van der Waals surface area (Å²) in [5, 5.41) is 2.86. The minimum atomic E-state index is -3.65. The topological polar surface area (TPSA) is 107 Å². The lowest BCUT2D eigenvalue weighted by Gasteiger charge is -2.26. The summed E-state index contributed by atoms with van der Waals surface area (Å²) in [5.41, 5.74) is 2.09. The van der Waals surface area contributed by atoms with Gasteiger partial charge in [-0.2, -0.15) is 4.31 Å². The van der Waals surface area contributed by atoms with Crippen LogP contribution in [0.25, 0.3) is 10.2 Å². The van der Waals surface area contributed by atoms with E-state index in [0.717, 1.165) is 21.6 Å². The molecular weight excluding hydrogens is 478 g/mol. The van der Waals surface area contributed by atoms with Gasteiger partial charge in [-0.1, -0.05) is 11.3 Å². The van der Waals surface area contributed by atoms with Crippen LogP contribution in [0.4, 0.5) is 5.69 Å². The standard InChI is InChI=1S/C23H27N3O6S2/c1-3-26-19-7-5-17(15-21(19)33-23(26)28)24-22(27)9-4-16-14-18(6-8-20(16)31-2)34(29,30)25-10-12-32-13-11-25/h5-8,14-15H,3-4,9-13H2,1-2H3,(H,24,27). The molecule has 0 saturated carbocycles. The zero-order chi connectivity index (χ0) is 24.3. The molecule has 1 N–H and O–H groups in total. The highest BCUT2D eigenvalue weighted by Crippen LogP contribution is 2.27. The number of carbonyl (C=O) groups is 1. The number of sulfonamides is 1. The molecule has 0 aliphatic carbocycles. The fourth-order valence-electron chi connectivity index (χ4n) is 3.96. The molecule has 1 aliphatic heterocycles. The predicted octanol–water partition coefficient (Wildman–Crippen LogP) is 2.68. The Morgan fingerprint density at radius 2 is 1.94 bits per heavy atom. The van der Waals surface area contributed by atoms with Gasteiger partial charge < -0.3 is 14.8 Å². The summed E-state index contributed by atoms with van der Waals surface area (Å²) in [6.45, 7) is 3.87. The number of fused-ring (bicyclic) bond motifs is 1. The molecule has 1 aliphatic rings. The molecule has 11 heteroatoms. The molecule has 0 radical (unpaired) electrons. The van der Waals surface area contributed by atoms with Gasteiger partial charge in [0.05, 0.1) is 35.4 Å². The maximum absolute atomic E-state index is 13.0. The van der Waals surface area contributed by atoms with Gasteiger partial charge in [-0.25, -0.2) is 8.42 Å². The number of methoxy groups -OCH3 is 1. The first-order chi connectivity index (χ1) is 16.3. The molecule has 2 aromatic carbocycles. The minimum absolute atomic E-state index is 0.0278. The number of anilines is 1. The average Bonchev–Trinajstić information content (AvgIpc) is 3.17. The second-order valence-electron chi connectivity index (χ2n) is 7.83. The van der Waals surface area contributed by atoms with Crippen LogP contribution in [0.3, 0.4) is 0 Å². The minimum Gasteiger partial charge on any atom is -0.496 e. The Kier molecular flexibility index (Phi) is 7.36. The fourth-order valence-corrected chi connectivity index (χ4v) is 6.42. The van der Waals surface area contributed by atoms with Gasteiger partial charge >= 0.3 is 4.87 Å². The third kappa shape index (κ3) is 5.02. The van der Waals surface area contributed by atoms with Crippen molar-refractivity contribution >= 4 is 43.2 Å². The van der Waals surface area contributed by atoms with Crippen molar-refractivity contribution in [1.82, 2.24) is 8.87 Å². The van der Waals surface area contributed by atoms with Gasteiger partial charge in [0.25, 0.3) is 0 Å². The van der Waals surface area contributed by atoms with Gasteiger partial charge in [-0.05, 0) is 55.3 Å². The van der Waals surface area contributed by atoms with Crippen molar-refractivity contribution < 1.29 is 22.7 Å². The quantitative estimate of drug-likeness (QED) is 0.505. The molecule has 0 atom stereocenters. The van der Waals surface area contributed by atoms with E-state index in [1.54, 1.807) is 28.8 Å². The lowest BCUT2D eigenvalue weighted by atomic mass is 10.1. The molecule has 0 spiro atoms. The van der Waals surface area contributed by atoms with Gasteiger partial charge in [0.2, 0.25) is 15.9 Å². The summed E-state index contributed by atoms with van der Waals surface area (Å²) in [6.07, 6.45) is 0.449. The van der Waals surface area contributed by atoms with Crippen molar-refractivity contribution in [1.29, 1.82) is 0 Å². The first kappa shape index (κ1) is 24.4. The van der Waals surface area contributed by atoms with Crippen LogP contribution in [0.1, 0.15) is 18.9 Å². The molecule has 4 rings (SSSR count). The van der Waals surface area contributed by atoms with Crippen LogP contribution in [0.2, 0.25) is 0 Å². The highest BCUT2D eigenvalue weighted by Gasteiger charge is 2.27. The van der Waals surface area contributed by atoms with E-state index in [9.17, 15) is 18.0 Å². The molecule has 1 amide bonds. The summed E-state index contributed by atoms with van der Waals surface area (Å²) >= 11 is 1.15. The van der Waals surface area contributed by atoms with E-state index in [1.807, 2.05) is 13.0 Å². The van der Waals surface area contributed by atoms with Gasteiger partial charge in [-0.15, -0.1) is 0 Å². The smallest absolute Gasteiger partial charge is 0.308 e. The molecule has 1 saturated heterocycles. The number of hydrogen-bond donors (Lipinski definition) is 1. The average molecular weight is 506 g/mol. The SMILES string of the molecule is CCn1c(=O)sc2cc(NC(=O)CCc3cc(S(=O)(=O)N4CCOCC4)ccc3OC)ccc21. The number of thiazole rings is 1. The molecular formula is C23H27N3O6S2. The first-order valence-electron chi connectivity index (χ1n) is 11.0. The predicted molar refractivity (Wildman–Crippen MR) is 131 cm³/mol. The van der Waals surface area contributed by atoms with Crippen molar-refractivity contribution in [3.05, 3.63) is 51.6 Å². The van der Waals surface area contributed by atoms with Crippen molar-refractivity contribution in [3.63, 3.8) is 0 Å². The number of morpholine rings is 1. The molecule has 2 heterocycles. The van der Waals surface area contributed by atoms with Crippen LogP contribution in [-0.2, 0) is 32.5 Å². The Morgan fingerprint density at radius 1 is 1.18 bits per heavy atom. The Morgan fingerprint density at radius 3 is 2.65 bits per heavy atom. The molecule has 0 unspecified atom stereocenters. The van der Waals surface area contributed by atoms with Crippen LogP contribution >= 0.6 is 11.3 Å². The van der Waals surface area contributed by atoms with Crippen molar-refractivity contribution in [3.8, 4) is 5.75 Å². The van der Waals surface area contributed by atoms with Crippen LogP contribution in [0.15, 0.2) is 46.1 Å². The Labute approximate surface area is 202 Å². The number of nitrogens with one attached hydrogen (secondary N) is 1. The Balaban J connectivity index is 1.47. The monoisotopic (exact) mass is 505 g/mol. The zero-order valence-corrected chi connectivity index (χ0v) is 20.7. The van der Waals surface area contributed by atoms with E-state index in [4.69, 9.17) is 9.47 Å². The highest BCUT2D eigenvalue weighted by molar-refractivity contribution is 7.89. The van der Waals surface area contributed by atoms with Crippen molar-refractivity contribution in [2.24, 2.45) is 0 Å². The molecule has 34 heavy (non-hydrogen) atoms. The van der Waals surface area contributed by atoms with Crippen LogP contribution in [0, 0.1) is 0 Å². The Bertz CT molecular complexity index is 1360. The second kappa shape index (κ2) is 10.3. The lowest BCUT2D eigenvalue weighted by Crippen LogP contribution is -2.40. The Hall–Kier alpha value is -2.73. The third-order valence-electron chi connectivity index (χ3n) is 5.75. The normalized spacial score (nSPS) is 14.9. The number of carbonyl (C=O) groups excluding carboxylic acids is 1. The van der Waals surface area contributed by atoms with Crippen molar-refractivity contribution in [2.45, 2.75) is 31.2 Å². The maximum atomic E-state index is 13.0. The number of aryl methyl sites for hydroxylation is 2. The molecule has 0 bridgehead atoms. The second-order valence-corrected chi connectivity index (χ2v) is 10.8. The summed E-state index contributed by atoms with van der Waals surface area (Å²) in [6, 6.07) is 10.1. The molecule has 1 fully saturated rings. The van der Waals surface area contributed by atoms with E-state index in [2.05, 4.69) is 5.32 Å². The summed E-state index contributed by atoms with van der Waals surface area (Å²) in [4.78, 5) is 24.8. The largest absolute Gasteiger partial charge is 0.496 e. The summed E-state index contributed by atoms with van der Waals surface area (Å²) in [5.74, 6) is 0.311. The number of ether oxygens (including phenoxy) is 2. The van der Waals surface area contributed by atoms with Gasteiger partial charge in [-0.3, -0.25) is 14.2 Å². The van der Waals surface area contributed by atoms with E-state index in [0.29, 0.717) is 56.3 Å². The van der Waals surface area contributed by atoms with Crippen LogP contribution in [0.5, 0.6) is 5.75 Å². The third-order valence-corrected chi connectivity index (χ3v) is 8.59. The maximum Gasteiger partial charge on any atom is 0.308 e. The number of hydrogen-bond acceptors (Lipinski definition) is 7. The number of aromatic nitrogens is 1. The molecule has 9 nitrogen and oxygen atoms in total. The summed E-state index contributed by atoms with van der Waals surface area (Å²) < 4.78 is 40.6. The number of benzene rings is 2. The van der Waals surface area contributed by atoms with Crippen LogP contribution < -0.4 is 14.9 Å². The molecule has 3 aromatic rings. The zero-order valence-electron chi connectivity index (χ0n) is 19.1. The van der Waals surface area contributed by atoms with Crippen molar-refractivity contribution in [2.75, 3.05) is 38.7 Å². The van der Waals surface area contributed by atoms with Gasteiger partial charge in [0.1, 0.15) is 5.75 Å². The van der Waals surface area contributed by atoms with E-state index in [-0.39, 0.29) is 22.1 Å². The number of rotatable bonds is 8. The highest BCUT2D eigenvalue weighted by atomic mass is 32.2. The number of amides is 1. The first-order valence-corrected chi connectivity index (χ1v) is 13.3. The van der Waals surface area contributed by atoms with Gasteiger partial charge in [0.15, 0.2) is 0 Å². The van der Waals surface area contributed by atoms with E-state index < -0.39 is 10.0 Å². The van der Waals surface area contributed by atoms with E-state index >= 15 is 0 Å². The summed E-state index contributed by atoms with van der Waals surface area (Å²) in [7, 11) is -2.14. The van der Waals surface area contributed by atoms with E-state index in [1.165, 1.54) is 17.5 Å². The molecule has 1 aromatic heterocycles. The molecule has 182 valence electrons. The fraction of sp³-hybridized carbons (Fsp3) is 0.391. The lowest BCUT2D eigenvalue weighted by molar-refractivity contribution is -0.116. The number of nitrogens with zero attached hydrogens (tertiary/aromatic N) is 2.